The molecule has 0 N–H and O–H groups in total. The highest BCUT2D eigenvalue weighted by Crippen LogP contribution is 2.52. The number of carbonyl (C=O) groups is 3. The summed E-state index contributed by atoms with van der Waals surface area (Å²) in [6, 6.07) is 0. The summed E-state index contributed by atoms with van der Waals surface area (Å²) in [5.74, 6) is 0.255. The summed E-state index contributed by atoms with van der Waals surface area (Å²) in [6.45, 7) is 9.87. The van der Waals surface area contributed by atoms with Crippen LogP contribution in [0.4, 0.5) is 0 Å². The summed E-state index contributed by atoms with van der Waals surface area (Å²) < 4.78 is 0.373. The van der Waals surface area contributed by atoms with E-state index in [1.165, 1.54) is 17.5 Å². The van der Waals surface area contributed by atoms with Crippen molar-refractivity contribution in [3.63, 3.8) is 0 Å². The molecule has 0 spiro atoms. The first-order valence-corrected chi connectivity index (χ1v) is 11.3. The average Bonchev–Trinajstić information content (AvgIpc) is 3.28. The lowest BCUT2D eigenvalue weighted by atomic mass is 9.71. The van der Waals surface area contributed by atoms with E-state index in [2.05, 4.69) is 18.8 Å². The van der Waals surface area contributed by atoms with Crippen LogP contribution in [0.5, 0.6) is 0 Å². The van der Waals surface area contributed by atoms with Gasteiger partial charge in [0.1, 0.15) is 4.88 Å². The summed E-state index contributed by atoms with van der Waals surface area (Å²) in [5.41, 5.74) is -0.264. The minimum atomic E-state index is -0.132. The van der Waals surface area contributed by atoms with E-state index >= 15 is 0 Å². The SMILES string of the molecule is CC(=O)N1CCC(C(=O)N2C[C@]3(C)CN(C(=O)c4cnc(Cl)s4)C[C@]3(C)C2)CC1. The summed E-state index contributed by atoms with van der Waals surface area (Å²) in [5, 5.41) is 0. The van der Waals surface area contributed by atoms with Gasteiger partial charge >= 0.3 is 0 Å². The van der Waals surface area contributed by atoms with Crippen molar-refractivity contribution in [2.24, 2.45) is 16.7 Å². The first-order chi connectivity index (χ1) is 13.6. The van der Waals surface area contributed by atoms with Crippen LogP contribution in [-0.2, 0) is 9.59 Å². The van der Waals surface area contributed by atoms with Gasteiger partial charge in [-0.2, -0.15) is 0 Å². The second-order valence-corrected chi connectivity index (χ2v) is 10.8. The Bertz CT molecular complexity index is 833. The zero-order valence-corrected chi connectivity index (χ0v) is 18.7. The van der Waals surface area contributed by atoms with Crippen molar-refractivity contribution < 1.29 is 14.4 Å². The van der Waals surface area contributed by atoms with Gasteiger partial charge in [-0.1, -0.05) is 36.8 Å². The van der Waals surface area contributed by atoms with Crippen LogP contribution in [-0.4, -0.2) is 76.7 Å². The number of piperidine rings is 1. The Morgan fingerprint density at radius 2 is 1.59 bits per heavy atom. The lowest BCUT2D eigenvalue weighted by molar-refractivity contribution is -0.139. The number of rotatable bonds is 2. The first-order valence-electron chi connectivity index (χ1n) is 10.1. The molecule has 4 rings (SSSR count). The Labute approximate surface area is 180 Å². The Morgan fingerprint density at radius 1 is 1.03 bits per heavy atom. The van der Waals surface area contributed by atoms with Crippen molar-refractivity contribution in [3.05, 3.63) is 15.5 Å². The Morgan fingerprint density at radius 3 is 2.07 bits per heavy atom. The molecule has 3 amide bonds. The summed E-state index contributed by atoms with van der Waals surface area (Å²) in [4.78, 5) is 47.8. The highest BCUT2D eigenvalue weighted by molar-refractivity contribution is 7.17. The van der Waals surface area contributed by atoms with Crippen LogP contribution in [0, 0.1) is 16.7 Å². The molecule has 9 heteroatoms. The van der Waals surface area contributed by atoms with Gasteiger partial charge in [-0.25, -0.2) is 4.98 Å². The van der Waals surface area contributed by atoms with Crippen LogP contribution < -0.4 is 0 Å². The molecule has 1 aromatic heterocycles. The third-order valence-corrected chi connectivity index (χ3v) is 8.30. The number of amides is 3. The fourth-order valence-electron chi connectivity index (χ4n) is 5.17. The van der Waals surface area contributed by atoms with Gasteiger partial charge < -0.3 is 14.7 Å². The molecular formula is C20H27ClN4O3S. The number of hydrogen-bond acceptors (Lipinski definition) is 5. The van der Waals surface area contributed by atoms with Gasteiger partial charge in [-0.3, -0.25) is 14.4 Å². The standard InChI is InChI=1S/C20H27ClN4O3S/c1-13(26)23-6-4-14(5-7-23)16(27)24-9-19(2)11-25(12-20(19,3)10-24)17(28)15-8-22-18(21)29-15/h8,14H,4-7,9-12H2,1-3H3/t19-,20+. The zero-order chi connectivity index (χ0) is 21.0. The molecular weight excluding hydrogens is 412 g/mol. The second-order valence-electron chi connectivity index (χ2n) is 9.23. The van der Waals surface area contributed by atoms with E-state index in [0.717, 1.165) is 12.8 Å². The quantitative estimate of drug-likeness (QED) is 0.710. The van der Waals surface area contributed by atoms with E-state index in [1.807, 2.05) is 14.7 Å². The highest BCUT2D eigenvalue weighted by Gasteiger charge is 2.59. The van der Waals surface area contributed by atoms with Crippen LogP contribution >= 0.6 is 22.9 Å². The molecule has 3 fully saturated rings. The lowest BCUT2D eigenvalue weighted by Crippen LogP contribution is -2.45. The smallest absolute Gasteiger partial charge is 0.265 e. The number of aromatic nitrogens is 1. The second kappa shape index (κ2) is 7.23. The summed E-state index contributed by atoms with van der Waals surface area (Å²) in [7, 11) is 0. The van der Waals surface area contributed by atoms with Crippen LogP contribution in [0.1, 0.15) is 43.3 Å². The summed E-state index contributed by atoms with van der Waals surface area (Å²) in [6.07, 6.45) is 3.01. The molecule has 4 heterocycles. The molecule has 3 aliphatic rings. The number of thiazole rings is 1. The number of hydrogen-bond donors (Lipinski definition) is 0. The topological polar surface area (TPSA) is 73.8 Å². The van der Waals surface area contributed by atoms with Crippen molar-refractivity contribution >= 4 is 40.7 Å². The lowest BCUT2D eigenvalue weighted by Gasteiger charge is -2.33. The number of likely N-dealkylation sites (tertiary alicyclic amines) is 3. The fraction of sp³-hybridized carbons (Fsp3) is 0.700. The number of halogens is 1. The van der Waals surface area contributed by atoms with Gasteiger partial charge in [0, 0.05) is 62.9 Å². The molecule has 0 radical (unpaired) electrons. The monoisotopic (exact) mass is 438 g/mol. The van der Waals surface area contributed by atoms with Gasteiger partial charge in [-0.15, -0.1) is 0 Å². The van der Waals surface area contributed by atoms with Crippen molar-refractivity contribution in [1.29, 1.82) is 0 Å². The van der Waals surface area contributed by atoms with Crippen molar-refractivity contribution in [2.75, 3.05) is 39.3 Å². The normalized spacial score (nSPS) is 30.0. The number of nitrogens with zero attached hydrogens (tertiary/aromatic N) is 4. The third-order valence-electron chi connectivity index (χ3n) is 7.19. The molecule has 0 aliphatic carbocycles. The van der Waals surface area contributed by atoms with Gasteiger partial charge in [-0.05, 0) is 12.8 Å². The largest absolute Gasteiger partial charge is 0.343 e. The fourth-order valence-corrected chi connectivity index (χ4v) is 6.07. The van der Waals surface area contributed by atoms with E-state index in [9.17, 15) is 14.4 Å². The molecule has 3 aliphatic heterocycles. The van der Waals surface area contributed by atoms with Gasteiger partial charge in [0.15, 0.2) is 4.47 Å². The van der Waals surface area contributed by atoms with Crippen LogP contribution in [0.2, 0.25) is 4.47 Å². The molecule has 0 saturated carbocycles. The van der Waals surface area contributed by atoms with Crippen LogP contribution in [0.3, 0.4) is 0 Å². The molecule has 158 valence electrons. The molecule has 7 nitrogen and oxygen atoms in total. The molecule has 29 heavy (non-hydrogen) atoms. The minimum absolute atomic E-state index is 0.00584. The molecule has 0 unspecified atom stereocenters. The Balaban J connectivity index is 1.41. The van der Waals surface area contributed by atoms with Crippen molar-refractivity contribution in [1.82, 2.24) is 19.7 Å². The van der Waals surface area contributed by atoms with Crippen molar-refractivity contribution in [3.8, 4) is 0 Å². The van der Waals surface area contributed by atoms with Gasteiger partial charge in [0.05, 0.1) is 6.20 Å². The first kappa shape index (κ1) is 20.6. The Hall–Kier alpha value is -1.67. The zero-order valence-electron chi connectivity index (χ0n) is 17.1. The number of carbonyl (C=O) groups excluding carboxylic acids is 3. The van der Waals surface area contributed by atoms with E-state index < -0.39 is 0 Å². The molecule has 0 aromatic carbocycles. The average molecular weight is 439 g/mol. The van der Waals surface area contributed by atoms with Gasteiger partial charge in [0.2, 0.25) is 11.8 Å². The van der Waals surface area contributed by atoms with E-state index in [1.54, 1.807) is 6.92 Å². The van der Waals surface area contributed by atoms with E-state index in [0.29, 0.717) is 48.6 Å². The predicted octanol–water partition coefficient (Wildman–Crippen LogP) is 2.37. The van der Waals surface area contributed by atoms with Crippen LogP contribution in [0.15, 0.2) is 6.20 Å². The molecule has 1 aromatic rings. The van der Waals surface area contributed by atoms with Crippen LogP contribution in [0.25, 0.3) is 0 Å². The van der Waals surface area contributed by atoms with Gasteiger partial charge in [0.25, 0.3) is 5.91 Å². The maximum absolute atomic E-state index is 13.2. The summed E-state index contributed by atoms with van der Waals surface area (Å²) >= 11 is 7.09. The minimum Gasteiger partial charge on any atom is -0.343 e. The molecule has 2 atom stereocenters. The third kappa shape index (κ3) is 3.54. The van der Waals surface area contributed by atoms with E-state index in [-0.39, 0.29) is 34.5 Å². The maximum Gasteiger partial charge on any atom is 0.265 e. The molecule has 3 saturated heterocycles. The van der Waals surface area contributed by atoms with Crippen molar-refractivity contribution in [2.45, 2.75) is 33.6 Å². The molecule has 0 bridgehead atoms. The predicted molar refractivity (Wildman–Crippen MR) is 111 cm³/mol. The maximum atomic E-state index is 13.2. The van der Waals surface area contributed by atoms with E-state index in [4.69, 9.17) is 11.6 Å². The number of fused-ring (bicyclic) bond motifs is 1. The Kier molecular flexibility index (Phi) is 5.14. The highest BCUT2D eigenvalue weighted by atomic mass is 35.5.